The third-order valence-electron chi connectivity index (χ3n) is 2.04. The van der Waals surface area contributed by atoms with Crippen LogP contribution >= 0.6 is 0 Å². The molecular formula is C11H15F6NO3. The summed E-state index contributed by atoms with van der Waals surface area (Å²) >= 11 is 0. The Morgan fingerprint density at radius 2 is 1.33 bits per heavy atom. The van der Waals surface area contributed by atoms with E-state index in [0.717, 1.165) is 6.92 Å². The summed E-state index contributed by atoms with van der Waals surface area (Å²) in [5.41, 5.74) is -0.997. The summed E-state index contributed by atoms with van der Waals surface area (Å²) in [5.74, 6) is -7.69. The molecule has 1 N–H and O–H groups in total. The van der Waals surface area contributed by atoms with Gasteiger partial charge in [-0.05, 0) is 27.7 Å². The zero-order valence-corrected chi connectivity index (χ0v) is 11.6. The molecule has 0 fully saturated rings. The van der Waals surface area contributed by atoms with Crippen LogP contribution in [0, 0.1) is 5.92 Å². The highest BCUT2D eigenvalue weighted by Gasteiger charge is 2.61. The molecule has 0 rings (SSSR count). The molecule has 0 saturated carbocycles. The van der Waals surface area contributed by atoms with Crippen molar-refractivity contribution in [1.82, 2.24) is 5.32 Å². The molecule has 124 valence electrons. The van der Waals surface area contributed by atoms with E-state index in [1.54, 1.807) is 0 Å². The van der Waals surface area contributed by atoms with Crippen LogP contribution in [0.4, 0.5) is 26.3 Å². The van der Waals surface area contributed by atoms with E-state index < -0.39 is 41.8 Å². The first-order valence-corrected chi connectivity index (χ1v) is 5.72. The summed E-state index contributed by atoms with van der Waals surface area (Å²) in [6.07, 6.45) is -11.6. The van der Waals surface area contributed by atoms with Gasteiger partial charge in [-0.15, -0.1) is 0 Å². The second-order valence-electron chi connectivity index (χ2n) is 5.28. The Labute approximate surface area is 116 Å². The quantitative estimate of drug-likeness (QED) is 0.641. The monoisotopic (exact) mass is 323 g/mol. The molecule has 0 aromatic carbocycles. The fourth-order valence-electron chi connectivity index (χ4n) is 1.23. The van der Waals surface area contributed by atoms with Gasteiger partial charge < -0.3 is 10.1 Å². The number of hydrogen-bond donors (Lipinski definition) is 1. The van der Waals surface area contributed by atoms with Crippen LogP contribution in [0.15, 0.2) is 0 Å². The maximum atomic E-state index is 12.3. The van der Waals surface area contributed by atoms with E-state index >= 15 is 0 Å². The van der Waals surface area contributed by atoms with Gasteiger partial charge in [0.15, 0.2) is 0 Å². The smallest absolute Gasteiger partial charge is 0.409 e. The summed E-state index contributed by atoms with van der Waals surface area (Å²) in [6, 6.07) is -1.65. The van der Waals surface area contributed by atoms with Gasteiger partial charge in [0.2, 0.25) is 11.8 Å². The molecule has 21 heavy (non-hydrogen) atoms. The van der Waals surface area contributed by atoms with Gasteiger partial charge >= 0.3 is 18.3 Å². The summed E-state index contributed by atoms with van der Waals surface area (Å²) in [7, 11) is 0. The molecule has 0 radical (unpaired) electrons. The molecule has 1 amide bonds. The first-order valence-electron chi connectivity index (χ1n) is 5.72. The lowest BCUT2D eigenvalue weighted by molar-refractivity contribution is -0.274. The lowest BCUT2D eigenvalue weighted by Gasteiger charge is -2.25. The van der Waals surface area contributed by atoms with Gasteiger partial charge in [0, 0.05) is 0 Å². The Hall–Kier alpha value is -1.48. The highest BCUT2D eigenvalue weighted by molar-refractivity contribution is 5.86. The average molecular weight is 323 g/mol. The Morgan fingerprint density at radius 3 is 1.62 bits per heavy atom. The van der Waals surface area contributed by atoms with Crippen LogP contribution in [0.1, 0.15) is 27.7 Å². The third-order valence-corrected chi connectivity index (χ3v) is 2.04. The van der Waals surface area contributed by atoms with Gasteiger partial charge in [0.05, 0.1) is 0 Å². The minimum Gasteiger partial charge on any atom is -0.458 e. The van der Waals surface area contributed by atoms with Crippen molar-refractivity contribution in [3.8, 4) is 0 Å². The zero-order chi connectivity index (χ0) is 17.2. The van der Waals surface area contributed by atoms with Crippen LogP contribution in [0.2, 0.25) is 0 Å². The number of amides is 1. The molecule has 4 nitrogen and oxygen atoms in total. The van der Waals surface area contributed by atoms with Crippen LogP contribution in [-0.2, 0) is 14.3 Å². The number of halogens is 6. The van der Waals surface area contributed by atoms with E-state index in [0.29, 0.717) is 0 Å². The first kappa shape index (κ1) is 19.5. The molecule has 0 aliphatic heterocycles. The summed E-state index contributed by atoms with van der Waals surface area (Å²) in [5, 5.41) is 1.36. The van der Waals surface area contributed by atoms with Crippen LogP contribution in [0.3, 0.4) is 0 Å². The number of alkyl halides is 6. The molecule has 0 unspecified atom stereocenters. The molecule has 1 atom stereocenters. The largest absolute Gasteiger partial charge is 0.458 e. The predicted molar refractivity (Wildman–Crippen MR) is 59.0 cm³/mol. The van der Waals surface area contributed by atoms with E-state index in [1.807, 2.05) is 0 Å². The first-order chi connectivity index (χ1) is 9.05. The predicted octanol–water partition coefficient (Wildman–Crippen LogP) is 2.57. The number of hydrogen-bond acceptors (Lipinski definition) is 3. The fourth-order valence-corrected chi connectivity index (χ4v) is 1.23. The Balaban J connectivity index is 4.98. The van der Waals surface area contributed by atoms with Crippen molar-refractivity contribution in [1.29, 1.82) is 0 Å². The van der Waals surface area contributed by atoms with E-state index in [9.17, 15) is 35.9 Å². The topological polar surface area (TPSA) is 55.4 Å². The molecular weight excluding hydrogens is 308 g/mol. The van der Waals surface area contributed by atoms with Gasteiger partial charge in [-0.1, -0.05) is 0 Å². The van der Waals surface area contributed by atoms with Crippen molar-refractivity contribution >= 4 is 11.9 Å². The second kappa shape index (κ2) is 6.10. The molecule has 0 aliphatic rings. The summed E-state index contributed by atoms with van der Waals surface area (Å²) in [6.45, 7) is 5.28. The number of carbonyl (C=O) groups is 2. The number of ether oxygens (including phenoxy) is 1. The third kappa shape index (κ3) is 6.67. The van der Waals surface area contributed by atoms with Crippen molar-refractivity contribution in [2.24, 2.45) is 5.92 Å². The minimum absolute atomic E-state index is 0.926. The summed E-state index contributed by atoms with van der Waals surface area (Å²) < 4.78 is 78.5. The van der Waals surface area contributed by atoms with E-state index in [2.05, 4.69) is 0 Å². The molecule has 0 aromatic rings. The maximum absolute atomic E-state index is 12.3. The molecule has 10 heteroatoms. The lowest BCUT2D eigenvalue weighted by Crippen LogP contribution is -2.52. The average Bonchev–Trinajstić information content (AvgIpc) is 2.08. The number of rotatable bonds is 3. The molecule has 0 heterocycles. The second-order valence-corrected chi connectivity index (χ2v) is 5.28. The number of carbonyl (C=O) groups excluding carboxylic acids is 2. The zero-order valence-electron chi connectivity index (χ0n) is 11.6. The molecule has 0 saturated heterocycles. The summed E-state index contributed by atoms with van der Waals surface area (Å²) in [4.78, 5) is 22.6. The van der Waals surface area contributed by atoms with Crippen LogP contribution < -0.4 is 5.32 Å². The van der Waals surface area contributed by atoms with Gasteiger partial charge in [-0.2, -0.15) is 26.3 Å². The maximum Gasteiger partial charge on any atom is 0.409 e. The highest BCUT2D eigenvalue weighted by Crippen LogP contribution is 2.39. The number of esters is 1. The van der Waals surface area contributed by atoms with Crippen LogP contribution in [0.25, 0.3) is 0 Å². The van der Waals surface area contributed by atoms with Crippen molar-refractivity contribution in [2.45, 2.75) is 51.7 Å². The van der Waals surface area contributed by atoms with Crippen molar-refractivity contribution < 1.29 is 40.7 Å². The lowest BCUT2D eigenvalue weighted by atomic mass is 10.1. The van der Waals surface area contributed by atoms with Gasteiger partial charge in [-0.25, -0.2) is 4.79 Å². The highest BCUT2D eigenvalue weighted by atomic mass is 19.4. The number of nitrogens with one attached hydrogen (secondary N) is 1. The van der Waals surface area contributed by atoms with Crippen LogP contribution in [0.5, 0.6) is 0 Å². The fraction of sp³-hybridized carbons (Fsp3) is 0.818. The SMILES string of the molecule is C[C@H](NC(=O)C(C(F)(F)F)C(F)(F)F)C(=O)OC(C)(C)C. The standard InChI is InChI=1S/C11H15F6NO3/c1-5(8(20)21-9(2,3)4)18-7(19)6(10(12,13)14)11(15,16)17/h5-6H,1-4H3,(H,18,19)/t5-/m0/s1. The van der Waals surface area contributed by atoms with Gasteiger partial charge in [-0.3, -0.25) is 4.79 Å². The van der Waals surface area contributed by atoms with Gasteiger partial charge in [0.1, 0.15) is 11.6 Å². The molecule has 0 aromatic heterocycles. The van der Waals surface area contributed by atoms with E-state index in [1.165, 1.54) is 26.1 Å². The Kier molecular flexibility index (Phi) is 5.67. The van der Waals surface area contributed by atoms with E-state index in [4.69, 9.17) is 4.74 Å². The van der Waals surface area contributed by atoms with Crippen molar-refractivity contribution in [3.05, 3.63) is 0 Å². The van der Waals surface area contributed by atoms with Crippen molar-refractivity contribution in [3.63, 3.8) is 0 Å². The molecule has 0 bridgehead atoms. The normalized spacial score (nSPS) is 14.8. The van der Waals surface area contributed by atoms with Crippen molar-refractivity contribution in [2.75, 3.05) is 0 Å². The Bertz CT molecular complexity index is 382. The minimum atomic E-state index is -5.81. The molecule has 0 aliphatic carbocycles. The Morgan fingerprint density at radius 1 is 0.952 bits per heavy atom. The molecule has 0 spiro atoms. The van der Waals surface area contributed by atoms with Crippen LogP contribution in [-0.4, -0.2) is 35.9 Å². The van der Waals surface area contributed by atoms with Gasteiger partial charge in [0.25, 0.3) is 0 Å². The van der Waals surface area contributed by atoms with E-state index in [-0.39, 0.29) is 0 Å².